The number of benzene rings is 3. The number of aromatic amines is 1. The van der Waals surface area contributed by atoms with E-state index in [4.69, 9.17) is 4.74 Å². The Balaban J connectivity index is 1.50. The van der Waals surface area contributed by atoms with Crippen molar-refractivity contribution in [2.75, 3.05) is 7.11 Å². The second-order valence-electron chi connectivity index (χ2n) is 6.52. The summed E-state index contributed by atoms with van der Waals surface area (Å²) in [7, 11) is 1.62. The Hall–Kier alpha value is -4.19. The summed E-state index contributed by atoms with van der Waals surface area (Å²) in [5.74, 6) is 0.313. The first-order chi connectivity index (χ1) is 14.8. The lowest BCUT2D eigenvalue weighted by atomic mass is 10.0. The molecule has 1 heterocycles. The molecule has 0 radical (unpaired) electrons. The van der Waals surface area contributed by atoms with Crippen molar-refractivity contribution in [3.63, 3.8) is 0 Å². The fourth-order valence-electron chi connectivity index (χ4n) is 3.17. The van der Waals surface area contributed by atoms with Crippen molar-refractivity contribution >= 4 is 29.0 Å². The number of nitrogens with one attached hydrogen (secondary N) is 2. The highest BCUT2D eigenvalue weighted by Gasteiger charge is 2.16. The number of hydrazone groups is 1. The Kier molecular flexibility index (Phi) is 5.66. The Morgan fingerprint density at radius 1 is 1.07 bits per heavy atom. The van der Waals surface area contributed by atoms with E-state index < -0.39 is 0 Å². The van der Waals surface area contributed by atoms with E-state index in [0.717, 1.165) is 21.9 Å². The van der Waals surface area contributed by atoms with E-state index in [0.29, 0.717) is 17.1 Å². The lowest BCUT2D eigenvalue weighted by Gasteiger charge is -2.09. The lowest BCUT2D eigenvalue weighted by molar-refractivity contribution is 0.0950. The molecule has 0 aliphatic rings. The average Bonchev–Trinajstić information content (AvgIpc) is 3.28. The summed E-state index contributed by atoms with van der Waals surface area (Å²) >= 11 is 0. The van der Waals surface area contributed by atoms with Crippen LogP contribution in [0.2, 0.25) is 0 Å². The highest BCUT2D eigenvalue weighted by Crippen LogP contribution is 2.36. The Morgan fingerprint density at radius 3 is 2.70 bits per heavy atom. The molecular weight excluding hydrogens is 376 g/mol. The number of amides is 1. The predicted molar refractivity (Wildman–Crippen MR) is 120 cm³/mol. The third-order valence-electron chi connectivity index (χ3n) is 4.60. The Morgan fingerprint density at radius 2 is 1.87 bits per heavy atom. The zero-order valence-electron chi connectivity index (χ0n) is 16.4. The molecule has 0 unspecified atom stereocenters. The summed E-state index contributed by atoms with van der Waals surface area (Å²) in [4.78, 5) is 12.4. The number of fused-ring (bicyclic) bond motifs is 1. The molecule has 0 saturated carbocycles. The van der Waals surface area contributed by atoms with Crippen LogP contribution in [0, 0.1) is 0 Å². The summed E-state index contributed by atoms with van der Waals surface area (Å²) in [5.41, 5.74) is 5.32. The van der Waals surface area contributed by atoms with Crippen LogP contribution in [0.3, 0.4) is 0 Å². The molecule has 4 aromatic rings. The first kappa shape index (κ1) is 19.1. The number of rotatable bonds is 6. The molecule has 3 aromatic carbocycles. The van der Waals surface area contributed by atoms with Gasteiger partial charge < -0.3 is 4.74 Å². The number of hydrogen-bond donors (Lipinski definition) is 2. The molecule has 30 heavy (non-hydrogen) atoms. The molecule has 4 rings (SSSR count). The summed E-state index contributed by atoms with van der Waals surface area (Å²) in [5, 5.41) is 13.1. The van der Waals surface area contributed by atoms with E-state index in [2.05, 4.69) is 20.7 Å². The maximum atomic E-state index is 12.4. The van der Waals surface area contributed by atoms with Gasteiger partial charge in [0.05, 0.1) is 18.4 Å². The first-order valence-corrected chi connectivity index (χ1v) is 9.43. The summed E-state index contributed by atoms with van der Waals surface area (Å²) in [6, 6.07) is 23.4. The Bertz CT molecular complexity index is 1230. The second-order valence-corrected chi connectivity index (χ2v) is 6.52. The van der Waals surface area contributed by atoms with E-state index in [9.17, 15) is 4.79 Å². The maximum absolute atomic E-state index is 12.4. The van der Waals surface area contributed by atoms with Crippen molar-refractivity contribution in [2.45, 2.75) is 0 Å². The van der Waals surface area contributed by atoms with Gasteiger partial charge in [-0.1, -0.05) is 66.7 Å². The fraction of sp³-hybridized carbons (Fsp3) is 0.0417. The van der Waals surface area contributed by atoms with Crippen LogP contribution in [-0.2, 0) is 0 Å². The van der Waals surface area contributed by atoms with Gasteiger partial charge in [-0.2, -0.15) is 10.2 Å². The fourth-order valence-corrected chi connectivity index (χ4v) is 3.17. The molecule has 0 fully saturated rings. The normalized spacial score (nSPS) is 11.4. The minimum atomic E-state index is -0.377. The first-order valence-electron chi connectivity index (χ1n) is 9.43. The average molecular weight is 396 g/mol. The van der Waals surface area contributed by atoms with Gasteiger partial charge in [-0.25, -0.2) is 5.43 Å². The molecule has 1 amide bonds. The summed E-state index contributed by atoms with van der Waals surface area (Å²) < 4.78 is 5.52. The number of hydrogen-bond acceptors (Lipinski definition) is 4. The van der Waals surface area contributed by atoms with Gasteiger partial charge in [0.25, 0.3) is 5.91 Å². The van der Waals surface area contributed by atoms with Gasteiger partial charge in [-0.05, 0) is 34.5 Å². The van der Waals surface area contributed by atoms with E-state index in [1.54, 1.807) is 19.3 Å². The zero-order valence-corrected chi connectivity index (χ0v) is 16.4. The standard InChI is InChI=1S/C24H20N4O2/c1-30-22-14-13-18-11-5-6-12-19(18)23(22)20-16-21(27-26-20)24(29)28-25-15-7-10-17-8-3-2-4-9-17/h2-16H,1H3,(H,26,27)(H,28,29). The number of carbonyl (C=O) groups is 1. The molecule has 6 nitrogen and oxygen atoms in total. The highest BCUT2D eigenvalue weighted by molar-refractivity contribution is 6.00. The van der Waals surface area contributed by atoms with Gasteiger partial charge in [-0.3, -0.25) is 9.89 Å². The van der Waals surface area contributed by atoms with Crippen molar-refractivity contribution < 1.29 is 9.53 Å². The molecule has 1 aromatic heterocycles. The van der Waals surface area contributed by atoms with Crippen molar-refractivity contribution in [3.05, 3.63) is 90.1 Å². The number of H-pyrrole nitrogens is 1. The zero-order chi connectivity index (χ0) is 20.8. The minimum absolute atomic E-state index is 0.309. The summed E-state index contributed by atoms with van der Waals surface area (Å²) in [6.45, 7) is 0. The molecule has 148 valence electrons. The van der Waals surface area contributed by atoms with E-state index >= 15 is 0 Å². The Labute approximate surface area is 173 Å². The van der Waals surface area contributed by atoms with Crippen LogP contribution < -0.4 is 10.2 Å². The van der Waals surface area contributed by atoms with E-state index in [1.807, 2.05) is 72.8 Å². The predicted octanol–water partition coefficient (Wildman–Crippen LogP) is 4.67. The van der Waals surface area contributed by atoms with Gasteiger partial charge >= 0.3 is 0 Å². The summed E-state index contributed by atoms with van der Waals surface area (Å²) in [6.07, 6.45) is 5.18. The molecule has 0 aliphatic carbocycles. The largest absolute Gasteiger partial charge is 0.496 e. The third-order valence-corrected chi connectivity index (χ3v) is 4.60. The number of nitrogens with zero attached hydrogens (tertiary/aromatic N) is 2. The molecule has 6 heteroatoms. The molecule has 0 bridgehead atoms. The third kappa shape index (κ3) is 4.12. The molecule has 0 saturated heterocycles. The highest BCUT2D eigenvalue weighted by atomic mass is 16.5. The molecular formula is C24H20N4O2. The van der Waals surface area contributed by atoms with Crippen LogP contribution in [0.15, 0.2) is 84.0 Å². The minimum Gasteiger partial charge on any atom is -0.496 e. The van der Waals surface area contributed by atoms with Gasteiger partial charge in [0.2, 0.25) is 0 Å². The smallest absolute Gasteiger partial charge is 0.289 e. The van der Waals surface area contributed by atoms with E-state index in [-0.39, 0.29) is 5.91 Å². The van der Waals surface area contributed by atoms with Crippen molar-refractivity contribution in [3.8, 4) is 17.0 Å². The van der Waals surface area contributed by atoms with Crippen LogP contribution >= 0.6 is 0 Å². The van der Waals surface area contributed by atoms with Gasteiger partial charge in [-0.15, -0.1) is 0 Å². The van der Waals surface area contributed by atoms with E-state index in [1.165, 1.54) is 6.21 Å². The number of ether oxygens (including phenoxy) is 1. The van der Waals surface area contributed by atoms with Crippen molar-refractivity contribution in [1.82, 2.24) is 15.6 Å². The van der Waals surface area contributed by atoms with Gasteiger partial charge in [0.1, 0.15) is 11.4 Å². The van der Waals surface area contributed by atoms with Gasteiger partial charge in [0, 0.05) is 6.21 Å². The van der Waals surface area contributed by atoms with Crippen molar-refractivity contribution in [1.29, 1.82) is 0 Å². The molecule has 0 aliphatic heterocycles. The second kappa shape index (κ2) is 8.87. The van der Waals surface area contributed by atoms with Crippen LogP contribution in [0.5, 0.6) is 5.75 Å². The van der Waals surface area contributed by atoms with Gasteiger partial charge in [0.15, 0.2) is 0 Å². The monoisotopic (exact) mass is 396 g/mol. The molecule has 0 spiro atoms. The number of aromatic nitrogens is 2. The number of methoxy groups -OCH3 is 1. The maximum Gasteiger partial charge on any atom is 0.289 e. The van der Waals surface area contributed by atoms with Crippen LogP contribution in [0.25, 0.3) is 28.1 Å². The number of allylic oxidation sites excluding steroid dienone is 1. The van der Waals surface area contributed by atoms with Crippen LogP contribution in [-0.4, -0.2) is 29.4 Å². The van der Waals surface area contributed by atoms with Crippen LogP contribution in [0.4, 0.5) is 0 Å². The molecule has 0 atom stereocenters. The topological polar surface area (TPSA) is 79.4 Å². The quantitative estimate of drug-likeness (QED) is 0.367. The van der Waals surface area contributed by atoms with Crippen molar-refractivity contribution in [2.24, 2.45) is 5.10 Å². The lowest BCUT2D eigenvalue weighted by Crippen LogP contribution is -2.17. The molecule has 2 N–H and O–H groups in total. The van der Waals surface area contributed by atoms with Crippen LogP contribution in [0.1, 0.15) is 16.1 Å². The SMILES string of the molecule is COc1ccc2ccccc2c1-c1cc(C(=O)NN=CC=Cc2ccccc2)[nH]n1. The number of carbonyl (C=O) groups excluding carboxylic acids is 1.